The fraction of sp³-hybridized carbons (Fsp3) is 0.600. The highest BCUT2D eigenvalue weighted by molar-refractivity contribution is 7.99. The van der Waals surface area contributed by atoms with E-state index in [9.17, 15) is 8.42 Å². The summed E-state index contributed by atoms with van der Waals surface area (Å²) in [5.41, 5.74) is 0.835. The molecule has 4 nitrogen and oxygen atoms in total. The normalized spacial score (nSPS) is 19.6. The summed E-state index contributed by atoms with van der Waals surface area (Å²) >= 11 is 1.82. The first-order valence-corrected chi connectivity index (χ1v) is 10.2. The third kappa shape index (κ3) is 4.98. The molecule has 0 aromatic heterocycles. The molecule has 21 heavy (non-hydrogen) atoms. The molecule has 118 valence electrons. The fourth-order valence-corrected chi connectivity index (χ4v) is 5.12. The third-order valence-electron chi connectivity index (χ3n) is 3.49. The maximum atomic E-state index is 12.6. The Kier molecular flexibility index (Phi) is 6.54. The molecule has 0 aliphatic carbocycles. The van der Waals surface area contributed by atoms with Gasteiger partial charge in [0, 0.05) is 18.3 Å². The largest absolute Gasteiger partial charge is 0.313 e. The molecule has 0 saturated carbocycles. The van der Waals surface area contributed by atoms with Crippen molar-refractivity contribution in [2.45, 2.75) is 43.7 Å². The van der Waals surface area contributed by atoms with Crippen LogP contribution in [-0.2, 0) is 16.6 Å². The zero-order chi connectivity index (χ0) is 15.1. The van der Waals surface area contributed by atoms with Crippen molar-refractivity contribution < 1.29 is 8.42 Å². The SMILES string of the molecule is CCCNCc1ccccc1S(=O)(=O)NC1CCCSC1. The predicted molar refractivity (Wildman–Crippen MR) is 89.1 cm³/mol. The molecule has 1 unspecified atom stereocenters. The van der Waals surface area contributed by atoms with E-state index in [4.69, 9.17) is 0 Å². The highest BCUT2D eigenvalue weighted by atomic mass is 32.2. The molecule has 2 N–H and O–H groups in total. The van der Waals surface area contributed by atoms with Gasteiger partial charge in [-0.25, -0.2) is 13.1 Å². The molecule has 1 aliphatic rings. The standard InChI is InChI=1S/C15H24N2O2S2/c1-2-9-16-11-13-6-3-4-8-15(13)21(18,19)17-14-7-5-10-20-12-14/h3-4,6,8,14,16-17H,2,5,7,9-12H2,1H3. The number of benzene rings is 1. The number of hydrogen-bond donors (Lipinski definition) is 2. The number of rotatable bonds is 7. The van der Waals surface area contributed by atoms with E-state index in [2.05, 4.69) is 17.0 Å². The monoisotopic (exact) mass is 328 g/mol. The molecule has 0 bridgehead atoms. The lowest BCUT2D eigenvalue weighted by Crippen LogP contribution is -2.38. The van der Waals surface area contributed by atoms with Crippen LogP contribution in [0.5, 0.6) is 0 Å². The van der Waals surface area contributed by atoms with Gasteiger partial charge in [0.25, 0.3) is 0 Å². The van der Waals surface area contributed by atoms with Crippen molar-refractivity contribution in [1.82, 2.24) is 10.0 Å². The van der Waals surface area contributed by atoms with Crippen LogP contribution in [0.4, 0.5) is 0 Å². The summed E-state index contributed by atoms with van der Waals surface area (Å²) in [6.45, 7) is 3.57. The van der Waals surface area contributed by atoms with Gasteiger partial charge in [0.2, 0.25) is 10.0 Å². The fourth-order valence-electron chi connectivity index (χ4n) is 2.43. The van der Waals surface area contributed by atoms with Crippen molar-refractivity contribution in [2.24, 2.45) is 0 Å². The summed E-state index contributed by atoms with van der Waals surface area (Å²) < 4.78 is 28.1. The molecule has 0 radical (unpaired) electrons. The molecule has 2 rings (SSSR count). The summed E-state index contributed by atoms with van der Waals surface area (Å²) in [4.78, 5) is 0.407. The lowest BCUT2D eigenvalue weighted by molar-refractivity contribution is 0.541. The molecule has 0 spiro atoms. The second-order valence-electron chi connectivity index (χ2n) is 5.32. The average molecular weight is 329 g/mol. The molecule has 1 heterocycles. The molecule has 1 aliphatic heterocycles. The highest BCUT2D eigenvalue weighted by Gasteiger charge is 2.23. The Morgan fingerprint density at radius 3 is 2.86 bits per heavy atom. The minimum absolute atomic E-state index is 0.0606. The number of hydrogen-bond acceptors (Lipinski definition) is 4. The number of sulfonamides is 1. The summed E-state index contributed by atoms with van der Waals surface area (Å²) in [5, 5.41) is 3.27. The van der Waals surface area contributed by atoms with Crippen molar-refractivity contribution in [3.63, 3.8) is 0 Å². The Balaban J connectivity index is 2.10. The van der Waals surface area contributed by atoms with Crippen molar-refractivity contribution in [2.75, 3.05) is 18.1 Å². The Morgan fingerprint density at radius 2 is 2.14 bits per heavy atom. The molecular formula is C15H24N2O2S2. The maximum Gasteiger partial charge on any atom is 0.241 e. The lowest BCUT2D eigenvalue weighted by Gasteiger charge is -2.23. The first kappa shape index (κ1) is 16.8. The first-order chi connectivity index (χ1) is 10.1. The molecule has 1 aromatic carbocycles. The van der Waals surface area contributed by atoms with Crippen LogP contribution in [0.1, 0.15) is 31.7 Å². The van der Waals surface area contributed by atoms with Gasteiger partial charge in [-0.2, -0.15) is 11.8 Å². The molecule has 0 amide bonds. The van der Waals surface area contributed by atoms with Crippen molar-refractivity contribution >= 4 is 21.8 Å². The van der Waals surface area contributed by atoms with Gasteiger partial charge in [0.1, 0.15) is 0 Å². The second-order valence-corrected chi connectivity index (χ2v) is 8.15. The predicted octanol–water partition coefficient (Wildman–Crippen LogP) is 2.36. The zero-order valence-electron chi connectivity index (χ0n) is 12.5. The minimum Gasteiger partial charge on any atom is -0.313 e. The minimum atomic E-state index is -3.43. The van der Waals surface area contributed by atoms with Crippen LogP contribution < -0.4 is 10.0 Å². The number of thioether (sulfide) groups is 1. The van der Waals surface area contributed by atoms with Crippen molar-refractivity contribution in [1.29, 1.82) is 0 Å². The molecule has 1 atom stereocenters. The van der Waals surface area contributed by atoms with Crippen LogP contribution >= 0.6 is 11.8 Å². The van der Waals surface area contributed by atoms with Crippen molar-refractivity contribution in [3.8, 4) is 0 Å². The molecular weight excluding hydrogens is 304 g/mol. The van der Waals surface area contributed by atoms with Crippen LogP contribution in [-0.4, -0.2) is 32.5 Å². The Labute approximate surface area is 132 Å². The van der Waals surface area contributed by atoms with E-state index in [1.54, 1.807) is 12.1 Å². The van der Waals surface area contributed by atoms with Gasteiger partial charge in [-0.05, 0) is 43.2 Å². The Hall–Kier alpha value is -0.560. The van der Waals surface area contributed by atoms with Gasteiger partial charge in [-0.1, -0.05) is 25.1 Å². The summed E-state index contributed by atoms with van der Waals surface area (Å²) in [6, 6.07) is 7.31. The average Bonchev–Trinajstić information content (AvgIpc) is 2.48. The van der Waals surface area contributed by atoms with E-state index in [0.717, 1.165) is 42.9 Å². The maximum absolute atomic E-state index is 12.6. The highest BCUT2D eigenvalue weighted by Crippen LogP contribution is 2.21. The molecule has 6 heteroatoms. The quantitative estimate of drug-likeness (QED) is 0.755. The van der Waals surface area contributed by atoms with E-state index in [0.29, 0.717) is 11.4 Å². The van der Waals surface area contributed by atoms with Gasteiger partial charge in [-0.3, -0.25) is 0 Å². The van der Waals surface area contributed by atoms with E-state index < -0.39 is 10.0 Å². The Bertz CT molecular complexity index is 540. The Morgan fingerprint density at radius 1 is 1.33 bits per heavy atom. The second kappa shape index (κ2) is 8.17. The number of nitrogens with one attached hydrogen (secondary N) is 2. The van der Waals surface area contributed by atoms with Gasteiger partial charge >= 0.3 is 0 Å². The van der Waals surface area contributed by atoms with Crippen LogP contribution in [0.2, 0.25) is 0 Å². The van der Waals surface area contributed by atoms with E-state index in [1.165, 1.54) is 0 Å². The zero-order valence-corrected chi connectivity index (χ0v) is 14.1. The van der Waals surface area contributed by atoms with E-state index in [-0.39, 0.29) is 6.04 Å². The van der Waals surface area contributed by atoms with E-state index in [1.807, 2.05) is 23.9 Å². The smallest absolute Gasteiger partial charge is 0.241 e. The van der Waals surface area contributed by atoms with Crippen LogP contribution in [0.3, 0.4) is 0 Å². The van der Waals surface area contributed by atoms with Crippen LogP contribution in [0.15, 0.2) is 29.2 Å². The van der Waals surface area contributed by atoms with Gasteiger partial charge < -0.3 is 5.32 Å². The van der Waals surface area contributed by atoms with Crippen molar-refractivity contribution in [3.05, 3.63) is 29.8 Å². The summed E-state index contributed by atoms with van der Waals surface area (Å²) in [6.07, 6.45) is 3.05. The van der Waals surface area contributed by atoms with Gasteiger partial charge in [0.05, 0.1) is 4.90 Å². The molecule has 1 aromatic rings. The lowest BCUT2D eigenvalue weighted by atomic mass is 10.2. The summed E-state index contributed by atoms with van der Waals surface area (Å²) in [5.74, 6) is 2.01. The summed E-state index contributed by atoms with van der Waals surface area (Å²) in [7, 11) is -3.43. The van der Waals surface area contributed by atoms with E-state index >= 15 is 0 Å². The molecule has 1 saturated heterocycles. The van der Waals surface area contributed by atoms with Crippen LogP contribution in [0, 0.1) is 0 Å². The topological polar surface area (TPSA) is 58.2 Å². The van der Waals surface area contributed by atoms with Gasteiger partial charge in [-0.15, -0.1) is 0 Å². The third-order valence-corrected chi connectivity index (χ3v) is 6.32. The van der Waals surface area contributed by atoms with Crippen LogP contribution in [0.25, 0.3) is 0 Å². The first-order valence-electron chi connectivity index (χ1n) is 7.52. The molecule has 1 fully saturated rings. The van der Waals surface area contributed by atoms with Gasteiger partial charge in [0.15, 0.2) is 0 Å².